The van der Waals surface area contributed by atoms with E-state index >= 15 is 0 Å². The number of aromatic nitrogens is 3. The van der Waals surface area contributed by atoms with Crippen LogP contribution in [0, 0.1) is 0 Å². The summed E-state index contributed by atoms with van der Waals surface area (Å²) in [7, 11) is 2.16. The van der Waals surface area contributed by atoms with Crippen molar-refractivity contribution in [2.24, 2.45) is 0 Å². The van der Waals surface area contributed by atoms with Crippen LogP contribution in [0.25, 0.3) is 11.3 Å². The van der Waals surface area contributed by atoms with Crippen molar-refractivity contribution in [1.29, 1.82) is 0 Å². The van der Waals surface area contributed by atoms with Gasteiger partial charge in [-0.05, 0) is 25.2 Å². The predicted molar refractivity (Wildman–Crippen MR) is 78.3 cm³/mol. The first kappa shape index (κ1) is 13.1. The molecule has 3 heterocycles. The first-order chi connectivity index (χ1) is 9.83. The lowest BCUT2D eigenvalue weighted by Gasteiger charge is -2.32. The molecule has 0 spiro atoms. The first-order valence-corrected chi connectivity index (χ1v) is 6.96. The quantitative estimate of drug-likeness (QED) is 0.900. The Morgan fingerprint density at radius 2 is 2.30 bits per heavy atom. The van der Waals surface area contributed by atoms with Gasteiger partial charge in [0.15, 0.2) is 0 Å². The van der Waals surface area contributed by atoms with Crippen molar-refractivity contribution in [1.82, 2.24) is 25.2 Å². The van der Waals surface area contributed by atoms with Gasteiger partial charge in [0.1, 0.15) is 5.82 Å². The molecule has 1 aliphatic heterocycles. The summed E-state index contributed by atoms with van der Waals surface area (Å²) in [4.78, 5) is 15.6. The van der Waals surface area contributed by atoms with Crippen LogP contribution in [0.4, 0.5) is 0 Å². The van der Waals surface area contributed by atoms with Gasteiger partial charge >= 0.3 is 0 Å². The summed E-state index contributed by atoms with van der Waals surface area (Å²) in [6.07, 6.45) is 6.31. The van der Waals surface area contributed by atoms with E-state index in [1.54, 1.807) is 6.20 Å². The van der Waals surface area contributed by atoms with Crippen molar-refractivity contribution >= 4 is 0 Å². The van der Waals surface area contributed by atoms with Gasteiger partial charge in [0, 0.05) is 56.3 Å². The lowest BCUT2D eigenvalue weighted by Crippen LogP contribution is -2.50. The normalized spacial score (nSPS) is 19.9. The van der Waals surface area contributed by atoms with Gasteiger partial charge < -0.3 is 10.2 Å². The molecule has 1 fully saturated rings. The van der Waals surface area contributed by atoms with Gasteiger partial charge in [-0.2, -0.15) is 0 Å². The topological polar surface area (TPSA) is 53.9 Å². The van der Waals surface area contributed by atoms with Crippen molar-refractivity contribution < 1.29 is 0 Å². The Morgan fingerprint density at radius 1 is 1.35 bits per heavy atom. The molecule has 0 saturated carbocycles. The Morgan fingerprint density at radius 3 is 3.10 bits per heavy atom. The van der Waals surface area contributed by atoms with Crippen molar-refractivity contribution in [3.63, 3.8) is 0 Å². The fraction of sp³-hybridized carbons (Fsp3) is 0.400. The maximum Gasteiger partial charge on any atom is 0.130 e. The predicted octanol–water partition coefficient (Wildman–Crippen LogP) is 0.985. The van der Waals surface area contributed by atoms with Crippen LogP contribution in [-0.4, -0.2) is 52.6 Å². The van der Waals surface area contributed by atoms with E-state index in [1.807, 2.05) is 30.6 Å². The Balaban J connectivity index is 1.78. The lowest BCUT2D eigenvalue weighted by molar-refractivity contribution is 0.197. The van der Waals surface area contributed by atoms with Crippen LogP contribution in [0.5, 0.6) is 0 Å². The van der Waals surface area contributed by atoms with Crippen molar-refractivity contribution in [2.75, 3.05) is 26.7 Å². The van der Waals surface area contributed by atoms with E-state index in [0.29, 0.717) is 6.04 Å². The third-order valence-corrected chi connectivity index (χ3v) is 3.73. The fourth-order valence-electron chi connectivity index (χ4n) is 2.47. The molecule has 20 heavy (non-hydrogen) atoms. The minimum Gasteiger partial charge on any atom is -0.314 e. The highest BCUT2D eigenvalue weighted by Crippen LogP contribution is 2.15. The Hall–Kier alpha value is -1.85. The summed E-state index contributed by atoms with van der Waals surface area (Å²) >= 11 is 0. The number of piperazine rings is 1. The first-order valence-electron chi connectivity index (χ1n) is 6.96. The zero-order chi connectivity index (χ0) is 13.8. The zero-order valence-corrected chi connectivity index (χ0v) is 11.7. The SMILES string of the molecule is CN1CCNCC1Cc1nccc(-c2cccnc2)n1. The molecule has 0 bridgehead atoms. The minimum atomic E-state index is 0.466. The molecule has 0 aliphatic carbocycles. The zero-order valence-electron chi connectivity index (χ0n) is 11.7. The summed E-state index contributed by atoms with van der Waals surface area (Å²) in [5, 5.41) is 3.42. The van der Waals surface area contributed by atoms with Gasteiger partial charge in [0.25, 0.3) is 0 Å². The summed E-state index contributed by atoms with van der Waals surface area (Å²) < 4.78 is 0. The Labute approximate surface area is 119 Å². The Bertz CT molecular complexity index is 557. The fourth-order valence-corrected chi connectivity index (χ4v) is 2.47. The van der Waals surface area contributed by atoms with Gasteiger partial charge in [-0.1, -0.05) is 0 Å². The van der Waals surface area contributed by atoms with Crippen LogP contribution in [-0.2, 0) is 6.42 Å². The number of hydrogen-bond donors (Lipinski definition) is 1. The molecule has 5 nitrogen and oxygen atoms in total. The van der Waals surface area contributed by atoms with Gasteiger partial charge in [-0.3, -0.25) is 4.98 Å². The molecular formula is C15H19N5. The number of likely N-dealkylation sites (N-methyl/N-ethyl adjacent to an activating group) is 1. The monoisotopic (exact) mass is 269 g/mol. The molecule has 1 unspecified atom stereocenters. The molecule has 1 saturated heterocycles. The average Bonchev–Trinajstić information content (AvgIpc) is 2.51. The largest absolute Gasteiger partial charge is 0.314 e. The van der Waals surface area contributed by atoms with Crippen molar-refractivity contribution in [2.45, 2.75) is 12.5 Å². The molecule has 1 N–H and O–H groups in total. The summed E-state index contributed by atoms with van der Waals surface area (Å²) in [6.45, 7) is 3.13. The lowest BCUT2D eigenvalue weighted by atomic mass is 10.1. The van der Waals surface area contributed by atoms with Gasteiger partial charge in [0.05, 0.1) is 5.69 Å². The van der Waals surface area contributed by atoms with Crippen molar-refractivity contribution in [3.8, 4) is 11.3 Å². The number of rotatable bonds is 3. The molecule has 1 atom stereocenters. The third kappa shape index (κ3) is 3.00. The Kier molecular flexibility index (Phi) is 3.99. The maximum absolute atomic E-state index is 4.67. The average molecular weight is 269 g/mol. The van der Waals surface area contributed by atoms with Gasteiger partial charge in [-0.15, -0.1) is 0 Å². The molecule has 2 aromatic heterocycles. The highest BCUT2D eigenvalue weighted by molar-refractivity contribution is 5.56. The maximum atomic E-state index is 4.67. The number of nitrogens with zero attached hydrogens (tertiary/aromatic N) is 4. The molecule has 3 rings (SSSR count). The molecule has 2 aromatic rings. The molecule has 5 heteroatoms. The number of pyridine rings is 1. The van der Waals surface area contributed by atoms with Gasteiger partial charge in [0.2, 0.25) is 0 Å². The van der Waals surface area contributed by atoms with Crippen LogP contribution in [0.3, 0.4) is 0 Å². The summed E-state index contributed by atoms with van der Waals surface area (Å²) in [5.41, 5.74) is 1.97. The van der Waals surface area contributed by atoms with E-state index in [2.05, 4.69) is 32.2 Å². The second kappa shape index (κ2) is 6.07. The van der Waals surface area contributed by atoms with Crippen molar-refractivity contribution in [3.05, 3.63) is 42.6 Å². The minimum absolute atomic E-state index is 0.466. The van der Waals surface area contributed by atoms with Crippen LogP contribution in [0.15, 0.2) is 36.8 Å². The standard InChI is InChI=1S/C15H19N5/c1-20-8-7-17-11-13(20)9-15-18-6-4-14(19-15)12-3-2-5-16-10-12/h2-6,10,13,17H,7-9,11H2,1H3. The molecule has 0 aromatic carbocycles. The highest BCUT2D eigenvalue weighted by atomic mass is 15.2. The smallest absolute Gasteiger partial charge is 0.130 e. The van der Waals surface area contributed by atoms with E-state index in [1.165, 1.54) is 0 Å². The van der Waals surface area contributed by atoms with Gasteiger partial charge in [-0.25, -0.2) is 9.97 Å². The molecule has 0 radical (unpaired) electrons. The van der Waals surface area contributed by atoms with E-state index in [9.17, 15) is 0 Å². The van der Waals surface area contributed by atoms with Crippen LogP contribution >= 0.6 is 0 Å². The number of hydrogen-bond acceptors (Lipinski definition) is 5. The number of nitrogens with one attached hydrogen (secondary N) is 1. The third-order valence-electron chi connectivity index (χ3n) is 3.73. The second-order valence-corrected chi connectivity index (χ2v) is 5.14. The summed E-state index contributed by atoms with van der Waals surface area (Å²) in [6, 6.07) is 6.35. The molecule has 0 amide bonds. The molecule has 1 aliphatic rings. The second-order valence-electron chi connectivity index (χ2n) is 5.14. The van der Waals surface area contributed by atoms with Crippen LogP contribution < -0.4 is 5.32 Å². The summed E-state index contributed by atoms with van der Waals surface area (Å²) in [5.74, 6) is 0.895. The molecular weight excluding hydrogens is 250 g/mol. The molecule has 104 valence electrons. The van der Waals surface area contributed by atoms with Crippen LogP contribution in [0.2, 0.25) is 0 Å². The van der Waals surface area contributed by atoms with E-state index < -0.39 is 0 Å². The van der Waals surface area contributed by atoms with E-state index in [-0.39, 0.29) is 0 Å². The highest BCUT2D eigenvalue weighted by Gasteiger charge is 2.20. The van der Waals surface area contributed by atoms with Crippen LogP contribution in [0.1, 0.15) is 5.82 Å². The van der Waals surface area contributed by atoms with E-state index in [4.69, 9.17) is 0 Å². The van der Waals surface area contributed by atoms with E-state index in [0.717, 1.165) is 43.1 Å².